The van der Waals surface area contributed by atoms with Gasteiger partial charge in [-0.05, 0) is 25.7 Å². The Morgan fingerprint density at radius 1 is 1.14 bits per heavy atom. The molecule has 0 saturated carbocycles. The van der Waals surface area contributed by atoms with E-state index >= 15 is 0 Å². The van der Waals surface area contributed by atoms with Gasteiger partial charge in [-0.15, -0.1) is 0 Å². The minimum atomic E-state index is -2.79. The van der Waals surface area contributed by atoms with Crippen molar-refractivity contribution in [2.24, 2.45) is 0 Å². The van der Waals surface area contributed by atoms with Crippen LogP contribution in [0, 0.1) is 0 Å². The number of hydrogen-bond donors (Lipinski definition) is 2. The predicted octanol–water partition coefficient (Wildman–Crippen LogP) is -0.328. The number of nitrogens with zero attached hydrogens (tertiary/aromatic N) is 1. The molecule has 2 fully saturated rings. The molecular weight excluding hydrogens is 302 g/mol. The van der Waals surface area contributed by atoms with Crippen molar-refractivity contribution in [3.63, 3.8) is 0 Å². The minimum absolute atomic E-state index is 0.0657. The molecule has 0 aromatic carbocycles. The Hall–Kier alpha value is -0.920. The SMILES string of the molecule is O=C(NC1CCN(C2CCS(=O)(=O)CC2)CC1)[C@@H]1C=CCN1. The molecular formula is C15H25N3O3S. The van der Waals surface area contributed by atoms with Crippen LogP contribution in [0.3, 0.4) is 0 Å². The van der Waals surface area contributed by atoms with Crippen molar-refractivity contribution in [2.75, 3.05) is 31.1 Å². The largest absolute Gasteiger partial charge is 0.352 e. The number of rotatable bonds is 3. The molecule has 3 rings (SSSR count). The fraction of sp³-hybridized carbons (Fsp3) is 0.800. The third-order valence-corrected chi connectivity index (χ3v) is 6.70. The summed E-state index contributed by atoms with van der Waals surface area (Å²) in [4.78, 5) is 14.5. The zero-order valence-corrected chi connectivity index (χ0v) is 13.6. The molecule has 0 radical (unpaired) electrons. The zero-order chi connectivity index (χ0) is 15.6. The van der Waals surface area contributed by atoms with Gasteiger partial charge in [0.05, 0.1) is 11.5 Å². The van der Waals surface area contributed by atoms with Crippen molar-refractivity contribution in [1.82, 2.24) is 15.5 Å². The van der Waals surface area contributed by atoms with Gasteiger partial charge >= 0.3 is 0 Å². The summed E-state index contributed by atoms with van der Waals surface area (Å²) in [5.41, 5.74) is 0. The van der Waals surface area contributed by atoms with E-state index < -0.39 is 9.84 Å². The Balaban J connectivity index is 1.42. The molecule has 0 aromatic rings. The summed E-state index contributed by atoms with van der Waals surface area (Å²) >= 11 is 0. The zero-order valence-electron chi connectivity index (χ0n) is 12.8. The molecule has 0 spiro atoms. The first kappa shape index (κ1) is 16.0. The van der Waals surface area contributed by atoms with Gasteiger partial charge in [-0.25, -0.2) is 8.42 Å². The average molecular weight is 327 g/mol. The molecule has 2 N–H and O–H groups in total. The monoisotopic (exact) mass is 327 g/mol. The van der Waals surface area contributed by atoms with E-state index in [9.17, 15) is 13.2 Å². The van der Waals surface area contributed by atoms with Crippen LogP contribution in [0.15, 0.2) is 12.2 Å². The fourth-order valence-corrected chi connectivity index (χ4v) is 5.06. The van der Waals surface area contributed by atoms with Crippen LogP contribution < -0.4 is 10.6 Å². The van der Waals surface area contributed by atoms with Crippen LogP contribution in [0.2, 0.25) is 0 Å². The second-order valence-corrected chi connectivity index (χ2v) is 8.82. The Morgan fingerprint density at radius 2 is 1.82 bits per heavy atom. The fourth-order valence-electron chi connectivity index (χ4n) is 3.59. The number of hydrogen-bond acceptors (Lipinski definition) is 5. The maximum absolute atomic E-state index is 12.1. The normalized spacial score (nSPS) is 30.5. The molecule has 22 heavy (non-hydrogen) atoms. The van der Waals surface area contributed by atoms with Gasteiger partial charge in [0.1, 0.15) is 15.9 Å². The van der Waals surface area contributed by atoms with Gasteiger partial charge in [-0.3, -0.25) is 10.1 Å². The van der Waals surface area contributed by atoms with Crippen LogP contribution in [0.5, 0.6) is 0 Å². The average Bonchev–Trinajstić information content (AvgIpc) is 3.03. The second kappa shape index (κ2) is 6.68. The highest BCUT2D eigenvalue weighted by atomic mass is 32.2. The van der Waals surface area contributed by atoms with Crippen molar-refractivity contribution in [2.45, 2.75) is 43.8 Å². The predicted molar refractivity (Wildman–Crippen MR) is 85.3 cm³/mol. The number of carbonyl (C=O) groups is 1. The van der Waals surface area contributed by atoms with E-state index in [1.165, 1.54) is 0 Å². The minimum Gasteiger partial charge on any atom is -0.352 e. The molecule has 3 aliphatic rings. The third kappa shape index (κ3) is 3.88. The van der Waals surface area contributed by atoms with E-state index in [-0.39, 0.29) is 18.0 Å². The standard InChI is InChI=1S/C15H25N3O3S/c19-15(14-2-1-7-16-14)17-12-3-8-18(9-4-12)13-5-10-22(20,21)11-6-13/h1-2,12-14,16H,3-11H2,(H,17,19)/t14-/m0/s1. The Bertz CT molecular complexity index is 524. The Labute approximate surface area is 132 Å². The topological polar surface area (TPSA) is 78.5 Å². The smallest absolute Gasteiger partial charge is 0.241 e. The lowest BCUT2D eigenvalue weighted by atomic mass is 10.0. The van der Waals surface area contributed by atoms with Crippen molar-refractivity contribution in [1.29, 1.82) is 0 Å². The van der Waals surface area contributed by atoms with Crippen molar-refractivity contribution >= 4 is 15.7 Å². The third-order valence-electron chi connectivity index (χ3n) is 4.98. The number of amides is 1. The van der Waals surface area contributed by atoms with Gasteiger partial charge in [0.15, 0.2) is 0 Å². The summed E-state index contributed by atoms with van der Waals surface area (Å²) in [5, 5.41) is 6.25. The van der Waals surface area contributed by atoms with Gasteiger partial charge in [-0.1, -0.05) is 12.2 Å². The molecule has 3 heterocycles. The van der Waals surface area contributed by atoms with Gasteiger partial charge in [-0.2, -0.15) is 0 Å². The number of nitrogens with one attached hydrogen (secondary N) is 2. The molecule has 1 amide bonds. The van der Waals surface area contributed by atoms with Crippen molar-refractivity contribution < 1.29 is 13.2 Å². The maximum atomic E-state index is 12.1. The Kier molecular flexibility index (Phi) is 4.84. The summed E-state index contributed by atoms with van der Waals surface area (Å²) in [6, 6.07) is 0.466. The molecule has 0 aliphatic carbocycles. The van der Waals surface area contributed by atoms with Crippen molar-refractivity contribution in [3.8, 4) is 0 Å². The van der Waals surface area contributed by atoms with E-state index in [1.807, 2.05) is 12.2 Å². The van der Waals surface area contributed by atoms with Crippen LogP contribution in [-0.4, -0.2) is 68.5 Å². The molecule has 0 bridgehead atoms. The van der Waals surface area contributed by atoms with Crippen LogP contribution in [0.4, 0.5) is 0 Å². The van der Waals surface area contributed by atoms with E-state index in [4.69, 9.17) is 0 Å². The molecule has 1 atom stereocenters. The van der Waals surface area contributed by atoms with E-state index in [1.54, 1.807) is 0 Å². The summed E-state index contributed by atoms with van der Waals surface area (Å²) < 4.78 is 23.0. The molecule has 124 valence electrons. The van der Waals surface area contributed by atoms with Gasteiger partial charge in [0, 0.05) is 31.7 Å². The van der Waals surface area contributed by atoms with E-state index in [2.05, 4.69) is 15.5 Å². The summed E-state index contributed by atoms with van der Waals surface area (Å²) in [5.74, 6) is 0.720. The molecule has 0 aromatic heterocycles. The lowest BCUT2D eigenvalue weighted by Gasteiger charge is -2.39. The van der Waals surface area contributed by atoms with Gasteiger partial charge in [0.2, 0.25) is 5.91 Å². The lowest BCUT2D eigenvalue weighted by Crippen LogP contribution is -2.52. The highest BCUT2D eigenvalue weighted by Crippen LogP contribution is 2.22. The molecule has 6 nitrogen and oxygen atoms in total. The second-order valence-electron chi connectivity index (χ2n) is 6.52. The molecule has 3 aliphatic heterocycles. The first-order valence-corrected chi connectivity index (χ1v) is 10.0. The summed E-state index contributed by atoms with van der Waals surface area (Å²) in [6.45, 7) is 2.66. The number of carbonyl (C=O) groups excluding carboxylic acids is 1. The van der Waals surface area contributed by atoms with Crippen LogP contribution in [0.25, 0.3) is 0 Å². The quantitative estimate of drug-likeness (QED) is 0.694. The highest BCUT2D eigenvalue weighted by Gasteiger charge is 2.31. The van der Waals surface area contributed by atoms with Crippen molar-refractivity contribution in [3.05, 3.63) is 12.2 Å². The maximum Gasteiger partial charge on any atom is 0.241 e. The van der Waals surface area contributed by atoms with Gasteiger partial charge < -0.3 is 10.2 Å². The number of sulfone groups is 1. The molecule has 7 heteroatoms. The first-order chi connectivity index (χ1) is 10.5. The van der Waals surface area contributed by atoms with Gasteiger partial charge in [0.25, 0.3) is 0 Å². The summed E-state index contributed by atoms with van der Waals surface area (Å²) in [6.07, 6.45) is 7.31. The first-order valence-electron chi connectivity index (χ1n) is 8.18. The summed E-state index contributed by atoms with van der Waals surface area (Å²) in [7, 11) is -2.79. The van der Waals surface area contributed by atoms with E-state index in [0.717, 1.165) is 45.3 Å². The van der Waals surface area contributed by atoms with Crippen LogP contribution in [0.1, 0.15) is 25.7 Å². The Morgan fingerprint density at radius 3 is 2.41 bits per heavy atom. The van der Waals surface area contributed by atoms with E-state index in [0.29, 0.717) is 17.5 Å². The molecule has 0 unspecified atom stereocenters. The number of piperidine rings is 1. The van der Waals surface area contributed by atoms with Crippen LogP contribution >= 0.6 is 0 Å². The lowest BCUT2D eigenvalue weighted by molar-refractivity contribution is -0.122. The van der Waals surface area contributed by atoms with Crippen LogP contribution in [-0.2, 0) is 14.6 Å². The molecule has 2 saturated heterocycles. The highest BCUT2D eigenvalue weighted by molar-refractivity contribution is 7.91. The number of likely N-dealkylation sites (tertiary alicyclic amines) is 1.